The van der Waals surface area contributed by atoms with Crippen LogP contribution >= 0.6 is 11.8 Å². The van der Waals surface area contributed by atoms with Gasteiger partial charge < -0.3 is 4.90 Å². The molecule has 0 atom stereocenters. The maximum atomic E-state index is 12.5. The van der Waals surface area contributed by atoms with Crippen LogP contribution in [0.15, 0.2) is 29.3 Å². The lowest BCUT2D eigenvalue weighted by molar-refractivity contribution is -0.116. The van der Waals surface area contributed by atoms with E-state index in [9.17, 15) is 10.1 Å². The van der Waals surface area contributed by atoms with Crippen molar-refractivity contribution in [3.8, 4) is 6.07 Å². The second kappa shape index (κ2) is 6.39. The standard InChI is InChI=1S/C17H16N4OS/c1-11-14(9-18)17(20-12(2)19-11)23-10-16(22)21-8-7-13-5-3-4-6-15(13)21/h3-6H,7-8,10H2,1-2H3. The van der Waals surface area contributed by atoms with Gasteiger partial charge in [0.05, 0.1) is 11.4 Å². The highest BCUT2D eigenvalue weighted by atomic mass is 32.2. The number of carbonyl (C=O) groups excluding carboxylic acids is 1. The van der Waals surface area contributed by atoms with Gasteiger partial charge in [0.1, 0.15) is 22.5 Å². The van der Waals surface area contributed by atoms with E-state index in [0.29, 0.717) is 28.7 Å². The molecule has 0 fully saturated rings. The number of aryl methyl sites for hydroxylation is 2. The predicted molar refractivity (Wildman–Crippen MR) is 89.4 cm³/mol. The SMILES string of the molecule is Cc1nc(C)c(C#N)c(SCC(=O)N2CCc3ccccc32)n1. The van der Waals surface area contributed by atoms with Gasteiger partial charge in [-0.25, -0.2) is 9.97 Å². The normalized spacial score (nSPS) is 12.8. The number of rotatable bonds is 3. The van der Waals surface area contributed by atoms with Crippen molar-refractivity contribution in [1.29, 1.82) is 5.26 Å². The van der Waals surface area contributed by atoms with Gasteiger partial charge in [-0.15, -0.1) is 0 Å². The molecule has 1 aromatic carbocycles. The Morgan fingerprint density at radius 3 is 2.91 bits per heavy atom. The van der Waals surface area contributed by atoms with Crippen LogP contribution in [0.5, 0.6) is 0 Å². The second-order valence-corrected chi connectivity index (χ2v) is 6.32. The molecule has 0 aliphatic carbocycles. The molecule has 1 amide bonds. The molecule has 5 nitrogen and oxygen atoms in total. The molecule has 0 unspecified atom stereocenters. The lowest BCUT2D eigenvalue weighted by Gasteiger charge is -2.17. The number of amides is 1. The molecule has 0 bridgehead atoms. The van der Waals surface area contributed by atoms with Crippen LogP contribution in [0.25, 0.3) is 0 Å². The molecule has 2 aromatic rings. The summed E-state index contributed by atoms with van der Waals surface area (Å²) in [5, 5.41) is 9.84. The van der Waals surface area contributed by atoms with Gasteiger partial charge in [-0.1, -0.05) is 30.0 Å². The monoisotopic (exact) mass is 324 g/mol. The molecule has 0 spiro atoms. The Kier molecular flexibility index (Phi) is 4.30. The third-order valence-electron chi connectivity index (χ3n) is 3.80. The summed E-state index contributed by atoms with van der Waals surface area (Å²) in [6, 6.07) is 10.1. The van der Waals surface area contributed by atoms with Gasteiger partial charge in [0.15, 0.2) is 0 Å². The average Bonchev–Trinajstić information content (AvgIpc) is 2.96. The number of nitriles is 1. The summed E-state index contributed by atoms with van der Waals surface area (Å²) in [4.78, 5) is 22.8. The molecule has 1 aliphatic heterocycles. The van der Waals surface area contributed by atoms with E-state index in [1.54, 1.807) is 13.8 Å². The minimum Gasteiger partial charge on any atom is -0.311 e. The molecular formula is C17H16N4OS. The minimum atomic E-state index is 0.0396. The van der Waals surface area contributed by atoms with Gasteiger partial charge in [0.25, 0.3) is 0 Å². The van der Waals surface area contributed by atoms with Crippen molar-refractivity contribution in [2.75, 3.05) is 17.2 Å². The molecule has 3 rings (SSSR count). The van der Waals surface area contributed by atoms with Gasteiger partial charge >= 0.3 is 0 Å². The molecule has 0 N–H and O–H groups in total. The van der Waals surface area contributed by atoms with Gasteiger partial charge in [-0.2, -0.15) is 5.26 Å². The summed E-state index contributed by atoms with van der Waals surface area (Å²) in [7, 11) is 0. The molecule has 2 heterocycles. The van der Waals surface area contributed by atoms with E-state index in [0.717, 1.165) is 12.1 Å². The first-order valence-corrected chi connectivity index (χ1v) is 8.35. The maximum Gasteiger partial charge on any atom is 0.237 e. The Bertz CT molecular complexity index is 813. The fourth-order valence-electron chi connectivity index (χ4n) is 2.72. The number of anilines is 1. The third kappa shape index (κ3) is 3.06. The third-order valence-corrected chi connectivity index (χ3v) is 4.76. The number of nitrogens with zero attached hydrogens (tertiary/aromatic N) is 4. The van der Waals surface area contributed by atoms with Crippen molar-refractivity contribution in [1.82, 2.24) is 9.97 Å². The first-order chi connectivity index (χ1) is 11.1. The van der Waals surface area contributed by atoms with E-state index in [4.69, 9.17) is 0 Å². The molecule has 1 aliphatic rings. The molecule has 23 heavy (non-hydrogen) atoms. The summed E-state index contributed by atoms with van der Waals surface area (Å²) in [5.41, 5.74) is 3.31. The number of carbonyl (C=O) groups is 1. The Hall–Kier alpha value is -2.39. The van der Waals surface area contributed by atoms with Crippen molar-refractivity contribution < 1.29 is 4.79 Å². The highest BCUT2D eigenvalue weighted by molar-refractivity contribution is 8.00. The van der Waals surface area contributed by atoms with Crippen LogP contribution in [-0.2, 0) is 11.2 Å². The summed E-state index contributed by atoms with van der Waals surface area (Å²) < 4.78 is 0. The van der Waals surface area contributed by atoms with Gasteiger partial charge in [0.2, 0.25) is 5.91 Å². The minimum absolute atomic E-state index is 0.0396. The first-order valence-electron chi connectivity index (χ1n) is 7.36. The summed E-state index contributed by atoms with van der Waals surface area (Å²) >= 11 is 1.30. The van der Waals surface area contributed by atoms with E-state index in [1.807, 2.05) is 23.1 Å². The van der Waals surface area contributed by atoms with Crippen molar-refractivity contribution >= 4 is 23.4 Å². The number of hydrogen-bond acceptors (Lipinski definition) is 5. The molecule has 0 saturated carbocycles. The lowest BCUT2D eigenvalue weighted by atomic mass is 10.2. The van der Waals surface area contributed by atoms with E-state index < -0.39 is 0 Å². The predicted octanol–water partition coefficient (Wildman–Crippen LogP) is 2.65. The largest absolute Gasteiger partial charge is 0.311 e. The number of thioether (sulfide) groups is 1. The Morgan fingerprint density at radius 1 is 1.35 bits per heavy atom. The zero-order valence-corrected chi connectivity index (χ0v) is 13.9. The van der Waals surface area contributed by atoms with Crippen LogP contribution in [0.3, 0.4) is 0 Å². The summed E-state index contributed by atoms with van der Waals surface area (Å²) in [6.45, 7) is 4.29. The number of fused-ring (bicyclic) bond motifs is 1. The smallest absolute Gasteiger partial charge is 0.237 e. The lowest BCUT2D eigenvalue weighted by Crippen LogP contribution is -2.30. The van der Waals surface area contributed by atoms with Gasteiger partial charge in [-0.3, -0.25) is 4.79 Å². The highest BCUT2D eigenvalue weighted by Crippen LogP contribution is 2.29. The molecule has 6 heteroatoms. The number of benzene rings is 1. The number of hydrogen-bond donors (Lipinski definition) is 0. The van der Waals surface area contributed by atoms with E-state index >= 15 is 0 Å². The van der Waals surface area contributed by atoms with Crippen LogP contribution < -0.4 is 4.90 Å². The van der Waals surface area contributed by atoms with Crippen molar-refractivity contribution in [2.45, 2.75) is 25.3 Å². The highest BCUT2D eigenvalue weighted by Gasteiger charge is 2.24. The molecule has 0 saturated heterocycles. The fraction of sp³-hybridized carbons (Fsp3) is 0.294. The average molecular weight is 324 g/mol. The maximum absolute atomic E-state index is 12.5. The first kappa shape index (κ1) is 15.5. The summed E-state index contributed by atoms with van der Waals surface area (Å²) in [5.74, 6) is 0.916. The van der Waals surface area contributed by atoms with Crippen molar-refractivity contribution in [3.63, 3.8) is 0 Å². The van der Waals surface area contributed by atoms with E-state index in [2.05, 4.69) is 22.1 Å². The molecule has 0 radical (unpaired) electrons. The fourth-order valence-corrected chi connectivity index (χ4v) is 3.67. The number of aromatic nitrogens is 2. The zero-order chi connectivity index (χ0) is 16.4. The van der Waals surface area contributed by atoms with Crippen LogP contribution in [-0.4, -0.2) is 28.2 Å². The van der Waals surface area contributed by atoms with Gasteiger partial charge in [0, 0.05) is 12.2 Å². The Morgan fingerprint density at radius 2 is 2.13 bits per heavy atom. The van der Waals surface area contributed by atoms with Crippen molar-refractivity contribution in [3.05, 3.63) is 46.9 Å². The van der Waals surface area contributed by atoms with Gasteiger partial charge in [-0.05, 0) is 31.9 Å². The van der Waals surface area contributed by atoms with Crippen LogP contribution in [0.4, 0.5) is 5.69 Å². The molecule has 116 valence electrons. The Labute approximate surface area is 139 Å². The van der Waals surface area contributed by atoms with Crippen molar-refractivity contribution in [2.24, 2.45) is 0 Å². The molecule has 1 aromatic heterocycles. The van der Waals surface area contributed by atoms with Crippen LogP contribution in [0.1, 0.15) is 22.6 Å². The molecular weight excluding hydrogens is 308 g/mol. The zero-order valence-electron chi connectivity index (χ0n) is 13.0. The van der Waals surface area contributed by atoms with E-state index in [-0.39, 0.29) is 11.7 Å². The second-order valence-electron chi connectivity index (χ2n) is 5.36. The van der Waals surface area contributed by atoms with Crippen LogP contribution in [0.2, 0.25) is 0 Å². The topological polar surface area (TPSA) is 69.9 Å². The summed E-state index contributed by atoms with van der Waals surface area (Å²) in [6.07, 6.45) is 0.891. The Balaban J connectivity index is 1.75. The number of para-hydroxylation sites is 1. The van der Waals surface area contributed by atoms with E-state index in [1.165, 1.54) is 17.3 Å². The quantitative estimate of drug-likeness (QED) is 0.641. The van der Waals surface area contributed by atoms with Crippen LogP contribution in [0, 0.1) is 25.2 Å².